The SMILES string of the molecule is O=S(=O)(Cc1ccccn1)n1ccc2cnc(Nc3ccc(N4CCNCC4)cc3)nc21. The fourth-order valence-corrected chi connectivity index (χ4v) is 5.07. The van der Waals surface area contributed by atoms with Crippen LogP contribution in [0.4, 0.5) is 17.3 Å². The van der Waals surface area contributed by atoms with Gasteiger partial charge in [-0.1, -0.05) is 6.07 Å². The zero-order valence-corrected chi connectivity index (χ0v) is 18.2. The number of hydrogen-bond acceptors (Lipinski definition) is 8. The van der Waals surface area contributed by atoms with E-state index in [4.69, 9.17) is 0 Å². The monoisotopic (exact) mass is 449 g/mol. The standard InChI is InChI=1S/C22H23N7O2S/c30-32(31,16-19-3-1-2-9-24-19)29-12-8-17-15-25-22(27-21(17)29)26-18-4-6-20(7-5-18)28-13-10-23-11-14-28/h1-9,12,15,23H,10-11,13-14,16H2,(H,25,26,27). The number of anilines is 3. The van der Waals surface area contributed by atoms with E-state index >= 15 is 0 Å². The second-order valence-corrected chi connectivity index (χ2v) is 9.42. The summed E-state index contributed by atoms with van der Waals surface area (Å²) in [4.78, 5) is 15.3. The smallest absolute Gasteiger partial charge is 0.245 e. The van der Waals surface area contributed by atoms with Crippen molar-refractivity contribution in [3.05, 3.63) is 72.8 Å². The van der Waals surface area contributed by atoms with Crippen molar-refractivity contribution < 1.29 is 8.42 Å². The van der Waals surface area contributed by atoms with Crippen molar-refractivity contribution >= 4 is 38.4 Å². The molecule has 0 aliphatic carbocycles. The molecular formula is C22H23N7O2S. The third-order valence-electron chi connectivity index (χ3n) is 5.36. The predicted octanol–water partition coefficient (Wildman–Crippen LogP) is 2.36. The van der Waals surface area contributed by atoms with Crippen molar-refractivity contribution in [2.24, 2.45) is 0 Å². The third kappa shape index (κ3) is 4.27. The molecule has 0 atom stereocenters. The van der Waals surface area contributed by atoms with Crippen LogP contribution < -0.4 is 15.5 Å². The molecule has 5 rings (SSSR count). The van der Waals surface area contributed by atoms with Gasteiger partial charge < -0.3 is 15.5 Å². The Balaban J connectivity index is 1.38. The lowest BCUT2D eigenvalue weighted by atomic mass is 10.2. The summed E-state index contributed by atoms with van der Waals surface area (Å²) >= 11 is 0. The minimum atomic E-state index is -3.68. The molecule has 1 aliphatic heterocycles. The van der Waals surface area contributed by atoms with Crippen LogP contribution in [0, 0.1) is 0 Å². The van der Waals surface area contributed by atoms with E-state index < -0.39 is 10.0 Å². The molecule has 2 N–H and O–H groups in total. The molecule has 0 saturated carbocycles. The first-order valence-corrected chi connectivity index (χ1v) is 12.0. The molecule has 0 unspecified atom stereocenters. The first kappa shape index (κ1) is 20.4. The Kier molecular flexibility index (Phi) is 5.46. The predicted molar refractivity (Wildman–Crippen MR) is 125 cm³/mol. The van der Waals surface area contributed by atoms with Crippen LogP contribution in [-0.2, 0) is 15.8 Å². The number of nitrogens with one attached hydrogen (secondary N) is 2. The number of piperazine rings is 1. The average molecular weight is 450 g/mol. The summed E-state index contributed by atoms with van der Waals surface area (Å²) in [6, 6.07) is 15.0. The van der Waals surface area contributed by atoms with E-state index in [1.54, 1.807) is 36.7 Å². The number of fused-ring (bicyclic) bond motifs is 1. The highest BCUT2D eigenvalue weighted by atomic mass is 32.2. The van der Waals surface area contributed by atoms with Crippen molar-refractivity contribution in [1.29, 1.82) is 0 Å². The highest BCUT2D eigenvalue weighted by molar-refractivity contribution is 7.89. The molecule has 10 heteroatoms. The molecule has 3 aromatic heterocycles. The molecule has 9 nitrogen and oxygen atoms in total. The number of rotatable bonds is 6. The highest BCUT2D eigenvalue weighted by Gasteiger charge is 2.19. The Hall–Kier alpha value is -3.50. The van der Waals surface area contributed by atoms with E-state index in [-0.39, 0.29) is 5.75 Å². The van der Waals surface area contributed by atoms with Crippen LogP contribution in [0.25, 0.3) is 11.0 Å². The second kappa shape index (κ2) is 8.56. The van der Waals surface area contributed by atoms with Gasteiger partial charge in [-0.3, -0.25) is 4.98 Å². The van der Waals surface area contributed by atoms with Crippen molar-refractivity contribution in [3.63, 3.8) is 0 Å². The fraction of sp³-hybridized carbons (Fsp3) is 0.227. The molecule has 32 heavy (non-hydrogen) atoms. The van der Waals surface area contributed by atoms with Crippen LogP contribution in [0.3, 0.4) is 0 Å². The Morgan fingerprint density at radius 3 is 2.56 bits per heavy atom. The highest BCUT2D eigenvalue weighted by Crippen LogP contribution is 2.22. The van der Waals surface area contributed by atoms with Crippen LogP contribution in [0.2, 0.25) is 0 Å². The summed E-state index contributed by atoms with van der Waals surface area (Å²) in [5.74, 6) is 0.123. The van der Waals surface area contributed by atoms with Crippen LogP contribution in [-0.4, -0.2) is 53.5 Å². The molecular weight excluding hydrogens is 426 g/mol. The number of nitrogens with zero attached hydrogens (tertiary/aromatic N) is 5. The molecule has 0 amide bonds. The maximum absolute atomic E-state index is 13.0. The van der Waals surface area contributed by atoms with Crippen molar-refractivity contribution in [2.45, 2.75) is 5.75 Å². The Morgan fingerprint density at radius 2 is 1.81 bits per heavy atom. The third-order valence-corrected chi connectivity index (χ3v) is 6.91. The van der Waals surface area contributed by atoms with Crippen LogP contribution >= 0.6 is 0 Å². The first-order chi connectivity index (χ1) is 15.6. The quantitative estimate of drug-likeness (QED) is 0.462. The maximum Gasteiger partial charge on any atom is 0.245 e. The maximum atomic E-state index is 13.0. The van der Waals surface area contributed by atoms with Crippen molar-refractivity contribution in [3.8, 4) is 0 Å². The lowest BCUT2D eigenvalue weighted by Crippen LogP contribution is -2.43. The zero-order valence-electron chi connectivity index (χ0n) is 17.3. The van der Waals surface area contributed by atoms with E-state index in [1.165, 1.54) is 15.9 Å². The number of pyridine rings is 1. The Bertz CT molecular complexity index is 1320. The van der Waals surface area contributed by atoms with Gasteiger partial charge in [-0.25, -0.2) is 17.4 Å². The van der Waals surface area contributed by atoms with Gasteiger partial charge in [0.05, 0.1) is 5.69 Å². The minimum Gasteiger partial charge on any atom is -0.369 e. The molecule has 0 bridgehead atoms. The zero-order chi connectivity index (χ0) is 22.0. The van der Waals surface area contributed by atoms with E-state index in [0.717, 1.165) is 31.9 Å². The summed E-state index contributed by atoms with van der Waals surface area (Å²) in [6.07, 6.45) is 4.70. The number of aromatic nitrogens is 4. The van der Waals surface area contributed by atoms with Gasteiger partial charge in [-0.05, 0) is 42.5 Å². The summed E-state index contributed by atoms with van der Waals surface area (Å²) < 4.78 is 27.1. The summed E-state index contributed by atoms with van der Waals surface area (Å²) in [6.45, 7) is 3.93. The Labute approximate surface area is 186 Å². The van der Waals surface area contributed by atoms with Gasteiger partial charge in [0.1, 0.15) is 5.75 Å². The lowest BCUT2D eigenvalue weighted by molar-refractivity contribution is 0.587. The molecule has 1 aliphatic rings. The van der Waals surface area contributed by atoms with Gasteiger partial charge >= 0.3 is 0 Å². The normalized spacial score (nSPS) is 14.6. The van der Waals surface area contributed by atoms with Gasteiger partial charge in [0.15, 0.2) is 5.65 Å². The second-order valence-electron chi connectivity index (χ2n) is 7.57. The number of hydrogen-bond donors (Lipinski definition) is 2. The fourth-order valence-electron chi connectivity index (χ4n) is 3.73. The topological polar surface area (TPSA) is 105 Å². The summed E-state index contributed by atoms with van der Waals surface area (Å²) in [7, 11) is -3.68. The van der Waals surface area contributed by atoms with Gasteiger partial charge in [-0.2, -0.15) is 4.98 Å². The molecule has 0 spiro atoms. The molecule has 1 saturated heterocycles. The first-order valence-electron chi connectivity index (χ1n) is 10.4. The van der Waals surface area contributed by atoms with Gasteiger partial charge in [0, 0.05) is 61.5 Å². The van der Waals surface area contributed by atoms with Crippen LogP contribution in [0.5, 0.6) is 0 Å². The molecule has 1 aromatic carbocycles. The van der Waals surface area contributed by atoms with E-state index in [1.807, 2.05) is 12.1 Å². The molecule has 4 heterocycles. The molecule has 4 aromatic rings. The summed E-state index contributed by atoms with van der Waals surface area (Å²) in [5, 5.41) is 7.17. The Morgan fingerprint density at radius 1 is 1.00 bits per heavy atom. The molecule has 1 fully saturated rings. The van der Waals surface area contributed by atoms with Gasteiger partial charge in [-0.15, -0.1) is 0 Å². The van der Waals surface area contributed by atoms with Gasteiger partial charge in [0.2, 0.25) is 16.0 Å². The van der Waals surface area contributed by atoms with E-state index in [0.29, 0.717) is 22.7 Å². The van der Waals surface area contributed by atoms with E-state index in [2.05, 4.69) is 42.6 Å². The lowest BCUT2D eigenvalue weighted by Gasteiger charge is -2.29. The molecule has 164 valence electrons. The largest absolute Gasteiger partial charge is 0.369 e. The van der Waals surface area contributed by atoms with Gasteiger partial charge in [0.25, 0.3) is 0 Å². The van der Waals surface area contributed by atoms with Crippen LogP contribution in [0.1, 0.15) is 5.69 Å². The molecule has 0 radical (unpaired) electrons. The van der Waals surface area contributed by atoms with Crippen LogP contribution in [0.15, 0.2) is 67.1 Å². The van der Waals surface area contributed by atoms with Crippen molar-refractivity contribution in [1.82, 2.24) is 24.2 Å². The average Bonchev–Trinajstić information content (AvgIpc) is 3.25. The number of benzene rings is 1. The minimum absolute atomic E-state index is 0.210. The van der Waals surface area contributed by atoms with Crippen molar-refractivity contribution in [2.75, 3.05) is 36.4 Å². The van der Waals surface area contributed by atoms with E-state index in [9.17, 15) is 8.42 Å². The summed E-state index contributed by atoms with van der Waals surface area (Å²) in [5.41, 5.74) is 2.81.